The molecule has 0 bridgehead atoms. The van der Waals surface area contributed by atoms with E-state index in [0.29, 0.717) is 24.4 Å². The van der Waals surface area contributed by atoms with Gasteiger partial charge in [0.15, 0.2) is 0 Å². The van der Waals surface area contributed by atoms with Crippen LogP contribution in [0.2, 0.25) is 0 Å². The molecule has 2 aliphatic carbocycles. The summed E-state index contributed by atoms with van der Waals surface area (Å²) in [5.74, 6) is 0.805. The van der Waals surface area contributed by atoms with E-state index in [1.54, 1.807) is 0 Å². The van der Waals surface area contributed by atoms with Crippen molar-refractivity contribution in [3.05, 3.63) is 0 Å². The van der Waals surface area contributed by atoms with Crippen LogP contribution in [0.25, 0.3) is 0 Å². The average Bonchev–Trinajstić information content (AvgIpc) is 2.76. The zero-order valence-electron chi connectivity index (χ0n) is 13.2. The highest BCUT2D eigenvalue weighted by Crippen LogP contribution is 2.37. The predicted molar refractivity (Wildman–Crippen MR) is 81.9 cm³/mol. The van der Waals surface area contributed by atoms with E-state index < -0.39 is 0 Å². The molecule has 0 amide bonds. The molecule has 1 aliphatic heterocycles. The van der Waals surface area contributed by atoms with Crippen molar-refractivity contribution in [3.8, 4) is 0 Å². The van der Waals surface area contributed by atoms with Gasteiger partial charge in [0, 0.05) is 6.42 Å². The van der Waals surface area contributed by atoms with Crippen LogP contribution in [-0.2, 0) is 9.47 Å². The van der Waals surface area contributed by atoms with E-state index in [0.717, 1.165) is 12.3 Å². The second-order valence-electron chi connectivity index (χ2n) is 7.19. The van der Waals surface area contributed by atoms with Crippen molar-refractivity contribution in [2.45, 2.75) is 108 Å². The van der Waals surface area contributed by atoms with Crippen LogP contribution in [-0.4, -0.2) is 24.4 Å². The fraction of sp³-hybridized carbons (Fsp3) is 1.00. The summed E-state index contributed by atoms with van der Waals surface area (Å²) in [6.45, 7) is 2.25. The Bertz CT molecular complexity index is 279. The van der Waals surface area contributed by atoms with Gasteiger partial charge in [0.1, 0.15) is 0 Å². The third-order valence-corrected chi connectivity index (χ3v) is 5.73. The van der Waals surface area contributed by atoms with Crippen LogP contribution in [0, 0.1) is 5.92 Å². The second-order valence-corrected chi connectivity index (χ2v) is 7.19. The zero-order valence-corrected chi connectivity index (χ0v) is 13.2. The van der Waals surface area contributed by atoms with Crippen molar-refractivity contribution < 1.29 is 9.47 Å². The van der Waals surface area contributed by atoms with Gasteiger partial charge in [-0.1, -0.05) is 39.0 Å². The number of hydrogen-bond acceptors (Lipinski definition) is 2. The summed E-state index contributed by atoms with van der Waals surface area (Å²) >= 11 is 0. The number of ether oxygens (including phenoxy) is 2. The third kappa shape index (κ3) is 3.57. The quantitative estimate of drug-likeness (QED) is 0.732. The maximum absolute atomic E-state index is 6.40. The maximum atomic E-state index is 6.40. The van der Waals surface area contributed by atoms with E-state index in [9.17, 15) is 0 Å². The van der Waals surface area contributed by atoms with Crippen molar-refractivity contribution in [1.29, 1.82) is 0 Å². The molecule has 1 heterocycles. The first-order chi connectivity index (χ1) is 9.86. The molecule has 0 aromatic carbocycles. The molecule has 2 nitrogen and oxygen atoms in total. The van der Waals surface area contributed by atoms with Crippen molar-refractivity contribution in [1.82, 2.24) is 0 Å². The lowest BCUT2D eigenvalue weighted by molar-refractivity contribution is -0.0854. The number of hydrogen-bond donors (Lipinski definition) is 0. The van der Waals surface area contributed by atoms with Gasteiger partial charge in [0.05, 0.1) is 24.4 Å². The van der Waals surface area contributed by atoms with Gasteiger partial charge in [-0.3, -0.25) is 0 Å². The standard InChI is InChI=1S/C18H32O2/c1-2-16-18(19-15-11-8-12-15)13-17(20-16)14-9-6-4-3-5-7-10-14/h14-18H,2-13H2,1H3/t16?,17-,18-/m1/s1. The van der Waals surface area contributed by atoms with Gasteiger partial charge in [-0.2, -0.15) is 0 Å². The summed E-state index contributed by atoms with van der Waals surface area (Å²) in [7, 11) is 0. The summed E-state index contributed by atoms with van der Waals surface area (Å²) in [5, 5.41) is 0. The van der Waals surface area contributed by atoms with Gasteiger partial charge in [0.25, 0.3) is 0 Å². The lowest BCUT2D eigenvalue weighted by Crippen LogP contribution is -2.32. The molecule has 116 valence electrons. The van der Waals surface area contributed by atoms with Crippen molar-refractivity contribution in [2.24, 2.45) is 5.92 Å². The normalized spacial score (nSPS) is 37.4. The molecule has 3 aliphatic rings. The van der Waals surface area contributed by atoms with Crippen molar-refractivity contribution in [2.75, 3.05) is 0 Å². The summed E-state index contributed by atoms with van der Waals surface area (Å²) in [4.78, 5) is 0. The molecule has 0 spiro atoms. The van der Waals surface area contributed by atoms with E-state index in [2.05, 4.69) is 6.92 Å². The molecular formula is C18H32O2. The van der Waals surface area contributed by atoms with Gasteiger partial charge in [-0.05, 0) is 44.4 Å². The Morgan fingerprint density at radius 1 is 0.900 bits per heavy atom. The van der Waals surface area contributed by atoms with Crippen molar-refractivity contribution >= 4 is 0 Å². The van der Waals surface area contributed by atoms with Gasteiger partial charge in [-0.15, -0.1) is 0 Å². The Morgan fingerprint density at radius 2 is 1.60 bits per heavy atom. The van der Waals surface area contributed by atoms with Gasteiger partial charge in [0.2, 0.25) is 0 Å². The third-order valence-electron chi connectivity index (χ3n) is 5.73. The van der Waals surface area contributed by atoms with Gasteiger partial charge in [-0.25, -0.2) is 0 Å². The van der Waals surface area contributed by atoms with E-state index in [-0.39, 0.29) is 0 Å². The first-order valence-corrected chi connectivity index (χ1v) is 9.17. The van der Waals surface area contributed by atoms with Gasteiger partial charge < -0.3 is 9.47 Å². The lowest BCUT2D eigenvalue weighted by atomic mass is 9.86. The molecule has 1 unspecified atom stereocenters. The SMILES string of the molecule is CCC1O[C@@H](C2CCCCCCC2)C[C@H]1OC1CCC1. The fourth-order valence-corrected chi connectivity index (χ4v) is 4.17. The topological polar surface area (TPSA) is 18.5 Å². The van der Waals surface area contributed by atoms with Crippen LogP contribution in [0.1, 0.15) is 84.0 Å². The first kappa shape index (κ1) is 14.8. The van der Waals surface area contributed by atoms with Crippen LogP contribution < -0.4 is 0 Å². The Morgan fingerprint density at radius 3 is 2.20 bits per heavy atom. The predicted octanol–water partition coefficient (Wildman–Crippen LogP) is 4.85. The van der Waals surface area contributed by atoms with Crippen LogP contribution in [0.5, 0.6) is 0 Å². The highest BCUT2D eigenvalue weighted by atomic mass is 16.6. The van der Waals surface area contributed by atoms with E-state index in [1.807, 2.05) is 0 Å². The number of rotatable bonds is 4. The molecule has 3 atom stereocenters. The average molecular weight is 280 g/mol. The molecule has 2 heteroatoms. The highest BCUT2D eigenvalue weighted by molar-refractivity contribution is 4.88. The summed E-state index contributed by atoms with van der Waals surface area (Å²) in [6, 6.07) is 0. The van der Waals surface area contributed by atoms with Crippen LogP contribution in [0.4, 0.5) is 0 Å². The minimum atomic E-state index is 0.367. The molecule has 1 saturated heterocycles. The smallest absolute Gasteiger partial charge is 0.0865 e. The summed E-state index contributed by atoms with van der Waals surface area (Å²) < 4.78 is 12.7. The molecule has 0 N–H and O–H groups in total. The van der Waals surface area contributed by atoms with E-state index in [1.165, 1.54) is 70.6 Å². The fourth-order valence-electron chi connectivity index (χ4n) is 4.17. The van der Waals surface area contributed by atoms with Gasteiger partial charge >= 0.3 is 0 Å². The zero-order chi connectivity index (χ0) is 13.8. The molecule has 0 aromatic heterocycles. The molecule has 2 saturated carbocycles. The second kappa shape index (κ2) is 7.26. The Labute approximate surface area is 124 Å². The Kier molecular flexibility index (Phi) is 5.39. The minimum Gasteiger partial charge on any atom is -0.372 e. The molecule has 0 aromatic rings. The summed E-state index contributed by atoms with van der Waals surface area (Å²) in [6.07, 6.45) is 17.9. The highest BCUT2D eigenvalue weighted by Gasteiger charge is 2.40. The monoisotopic (exact) mass is 280 g/mol. The lowest BCUT2D eigenvalue weighted by Gasteiger charge is -2.30. The molecular weight excluding hydrogens is 248 g/mol. The molecule has 0 radical (unpaired) electrons. The molecule has 3 rings (SSSR count). The maximum Gasteiger partial charge on any atom is 0.0865 e. The molecule has 3 fully saturated rings. The summed E-state index contributed by atoms with van der Waals surface area (Å²) in [5.41, 5.74) is 0. The molecule has 20 heavy (non-hydrogen) atoms. The largest absolute Gasteiger partial charge is 0.372 e. The Hall–Kier alpha value is -0.0800. The first-order valence-electron chi connectivity index (χ1n) is 9.17. The van der Waals surface area contributed by atoms with E-state index >= 15 is 0 Å². The van der Waals surface area contributed by atoms with E-state index in [4.69, 9.17) is 9.47 Å². The minimum absolute atomic E-state index is 0.367. The van der Waals surface area contributed by atoms with Crippen molar-refractivity contribution in [3.63, 3.8) is 0 Å². The van der Waals surface area contributed by atoms with Crippen LogP contribution in [0.3, 0.4) is 0 Å². The van der Waals surface area contributed by atoms with Crippen LogP contribution in [0.15, 0.2) is 0 Å². The Balaban J connectivity index is 1.53. The van der Waals surface area contributed by atoms with Crippen LogP contribution >= 0.6 is 0 Å².